The fourth-order valence-electron chi connectivity index (χ4n) is 10.1. The minimum atomic E-state index is -1.25. The summed E-state index contributed by atoms with van der Waals surface area (Å²) < 4.78 is 3.54. The molecule has 3 aliphatic heterocycles. The van der Waals surface area contributed by atoms with Gasteiger partial charge in [-0.05, 0) is 108 Å². The van der Waals surface area contributed by atoms with Crippen LogP contribution in [0.15, 0.2) is 54.9 Å². The summed E-state index contributed by atoms with van der Waals surface area (Å²) in [6, 6.07) is 14.2. The third-order valence-corrected chi connectivity index (χ3v) is 13.5. The zero-order chi connectivity index (χ0) is 42.6. The summed E-state index contributed by atoms with van der Waals surface area (Å²) in [5.74, 6) is -1.82. The average Bonchev–Trinajstić information content (AvgIpc) is 3.87. The molecule has 1 atom stereocenters. The Morgan fingerprint density at radius 2 is 1.56 bits per heavy atom. The first-order chi connectivity index (χ1) is 29.3. The Bertz CT molecular complexity index is 2500. The molecular formula is C45H55N11O5. The molecule has 4 aromatic heterocycles. The topological polar surface area (TPSA) is 196 Å². The standard InChI is InChI=1S/C45H55N11O5/c1-27-39(12-10-36(48-27)34-9-13-41(57)50-43(34)59)54-16-14-31(15-17-54)53-20-18-52(19-21-53)30-4-6-32(7-5-30)55-26-29-23-38(35(45(2,3)61)24-37(29)51-55)49-44(60)40-11-8-33-22-28(42(46)58)25-47-56(33)40/h8,10-12,22-26,30-32,34,61H,4-7,9,13-21H2,1-3H3,(H2,46,58)(H,49,60)(H,50,57,59). The van der Waals surface area contributed by atoms with Crippen molar-refractivity contribution in [3.05, 3.63) is 83.1 Å². The molecule has 7 heterocycles. The fraction of sp³-hybridized carbons (Fsp3) is 0.489. The summed E-state index contributed by atoms with van der Waals surface area (Å²) in [5, 5.41) is 26.7. The second-order valence-electron chi connectivity index (χ2n) is 17.8. The fourth-order valence-corrected chi connectivity index (χ4v) is 10.1. The van der Waals surface area contributed by atoms with Crippen molar-refractivity contribution in [3.8, 4) is 0 Å². The molecule has 1 aromatic carbocycles. The van der Waals surface area contributed by atoms with Crippen molar-refractivity contribution in [1.29, 1.82) is 0 Å². The highest BCUT2D eigenvalue weighted by Gasteiger charge is 2.34. The first kappa shape index (κ1) is 40.7. The second-order valence-corrected chi connectivity index (χ2v) is 17.8. The van der Waals surface area contributed by atoms with Gasteiger partial charge in [-0.15, -0.1) is 0 Å². The molecule has 1 unspecified atom stereocenters. The molecule has 4 fully saturated rings. The van der Waals surface area contributed by atoms with E-state index < -0.39 is 17.4 Å². The van der Waals surface area contributed by atoms with Gasteiger partial charge in [0.25, 0.3) is 5.91 Å². The number of nitrogens with zero attached hydrogens (tertiary/aromatic N) is 8. The maximum absolute atomic E-state index is 13.6. The molecule has 0 spiro atoms. The number of aliphatic hydroxyl groups is 1. The molecule has 4 amide bonds. The number of nitrogens with two attached hydrogens (primary N) is 1. The van der Waals surface area contributed by atoms with Gasteiger partial charge in [0.15, 0.2) is 0 Å². The number of anilines is 2. The van der Waals surface area contributed by atoms with E-state index in [0.717, 1.165) is 106 Å². The monoisotopic (exact) mass is 829 g/mol. The van der Waals surface area contributed by atoms with Gasteiger partial charge in [0.1, 0.15) is 5.69 Å². The molecule has 1 aliphatic carbocycles. The third-order valence-electron chi connectivity index (χ3n) is 13.5. The zero-order valence-corrected chi connectivity index (χ0v) is 35.1. The number of rotatable bonds is 9. The number of primary amides is 1. The summed E-state index contributed by atoms with van der Waals surface area (Å²) in [7, 11) is 0. The summed E-state index contributed by atoms with van der Waals surface area (Å²) in [6.07, 6.45) is 10.8. The number of nitrogens with one attached hydrogen (secondary N) is 2. The predicted molar refractivity (Wildman–Crippen MR) is 230 cm³/mol. The Morgan fingerprint density at radius 1 is 0.869 bits per heavy atom. The largest absolute Gasteiger partial charge is 0.386 e. The summed E-state index contributed by atoms with van der Waals surface area (Å²) in [4.78, 5) is 61.9. The lowest BCUT2D eigenvalue weighted by atomic mass is 9.89. The Balaban J connectivity index is 0.776. The van der Waals surface area contributed by atoms with Crippen molar-refractivity contribution < 1.29 is 24.3 Å². The lowest BCUT2D eigenvalue weighted by Gasteiger charge is -2.46. The predicted octanol–water partition coefficient (Wildman–Crippen LogP) is 4.26. The van der Waals surface area contributed by atoms with Crippen molar-refractivity contribution in [2.45, 2.75) is 102 Å². The normalized spacial score (nSPS) is 22.5. The van der Waals surface area contributed by atoms with E-state index in [-0.39, 0.29) is 35.0 Å². The number of aromatic nitrogens is 5. The first-order valence-electron chi connectivity index (χ1n) is 21.7. The Hall–Kier alpha value is -5.71. The number of fused-ring (bicyclic) bond motifs is 2. The van der Waals surface area contributed by atoms with E-state index in [0.29, 0.717) is 41.7 Å². The van der Waals surface area contributed by atoms with Crippen LogP contribution in [0.1, 0.15) is 115 Å². The number of aryl methyl sites for hydroxylation is 1. The summed E-state index contributed by atoms with van der Waals surface area (Å²) >= 11 is 0. The van der Waals surface area contributed by atoms with Crippen molar-refractivity contribution in [2.24, 2.45) is 5.73 Å². The van der Waals surface area contributed by atoms with Gasteiger partial charge in [-0.1, -0.05) is 0 Å². The Kier molecular flexibility index (Phi) is 10.9. The van der Waals surface area contributed by atoms with Crippen LogP contribution in [-0.2, 0) is 15.2 Å². The van der Waals surface area contributed by atoms with E-state index in [1.54, 1.807) is 32.0 Å². The number of carbonyl (C=O) groups is 4. The maximum atomic E-state index is 13.6. The minimum Gasteiger partial charge on any atom is -0.386 e. The maximum Gasteiger partial charge on any atom is 0.274 e. The van der Waals surface area contributed by atoms with Crippen LogP contribution in [0.2, 0.25) is 0 Å². The summed E-state index contributed by atoms with van der Waals surface area (Å²) in [5.41, 5.74) is 9.90. The number of pyridine rings is 1. The van der Waals surface area contributed by atoms with Crippen LogP contribution in [0.5, 0.6) is 0 Å². The molecule has 5 N–H and O–H groups in total. The molecular weight excluding hydrogens is 775 g/mol. The molecule has 320 valence electrons. The number of piperazine rings is 1. The highest BCUT2D eigenvalue weighted by molar-refractivity contribution is 6.05. The first-order valence-corrected chi connectivity index (χ1v) is 21.7. The van der Waals surface area contributed by atoms with Gasteiger partial charge in [0, 0.05) is 80.6 Å². The Labute approximate surface area is 354 Å². The highest BCUT2D eigenvalue weighted by atomic mass is 16.3. The lowest BCUT2D eigenvalue weighted by molar-refractivity contribution is -0.134. The van der Waals surface area contributed by atoms with E-state index in [4.69, 9.17) is 15.8 Å². The molecule has 3 saturated heterocycles. The van der Waals surface area contributed by atoms with E-state index in [9.17, 15) is 24.3 Å². The van der Waals surface area contributed by atoms with Crippen molar-refractivity contribution in [1.82, 2.24) is 39.5 Å². The van der Waals surface area contributed by atoms with Gasteiger partial charge in [-0.25, -0.2) is 4.52 Å². The van der Waals surface area contributed by atoms with Crippen LogP contribution in [0, 0.1) is 6.92 Å². The van der Waals surface area contributed by atoms with Crippen LogP contribution in [-0.4, -0.2) is 114 Å². The Morgan fingerprint density at radius 3 is 2.21 bits per heavy atom. The zero-order valence-electron chi connectivity index (χ0n) is 35.1. The van der Waals surface area contributed by atoms with Crippen molar-refractivity contribution >= 4 is 51.4 Å². The van der Waals surface area contributed by atoms with Crippen LogP contribution in [0.3, 0.4) is 0 Å². The summed E-state index contributed by atoms with van der Waals surface area (Å²) in [6.45, 7) is 11.7. The van der Waals surface area contributed by atoms with Crippen LogP contribution in [0.25, 0.3) is 16.4 Å². The molecule has 16 heteroatoms. The van der Waals surface area contributed by atoms with E-state index in [1.807, 2.05) is 25.1 Å². The van der Waals surface area contributed by atoms with Gasteiger partial charge in [0.2, 0.25) is 17.7 Å². The average molecular weight is 830 g/mol. The van der Waals surface area contributed by atoms with E-state index in [2.05, 4.69) is 47.4 Å². The van der Waals surface area contributed by atoms with Crippen LogP contribution in [0.4, 0.5) is 11.4 Å². The van der Waals surface area contributed by atoms with Crippen molar-refractivity contribution in [3.63, 3.8) is 0 Å². The molecule has 16 nitrogen and oxygen atoms in total. The van der Waals surface area contributed by atoms with E-state index >= 15 is 0 Å². The van der Waals surface area contributed by atoms with Gasteiger partial charge >= 0.3 is 0 Å². The van der Waals surface area contributed by atoms with Gasteiger partial charge in [0.05, 0.1) is 57.4 Å². The van der Waals surface area contributed by atoms with Crippen LogP contribution >= 0.6 is 0 Å². The number of hydrogen-bond acceptors (Lipinski definition) is 11. The molecule has 1 saturated carbocycles. The number of hydrogen-bond donors (Lipinski definition) is 4. The third kappa shape index (κ3) is 8.23. The molecule has 61 heavy (non-hydrogen) atoms. The second kappa shape index (κ2) is 16.3. The number of imide groups is 1. The van der Waals surface area contributed by atoms with Crippen LogP contribution < -0.4 is 21.3 Å². The number of carbonyl (C=O) groups excluding carboxylic acids is 4. The highest BCUT2D eigenvalue weighted by Crippen LogP contribution is 2.36. The molecule has 5 aromatic rings. The molecule has 9 rings (SSSR count). The number of piperidine rings is 2. The number of amides is 4. The lowest BCUT2D eigenvalue weighted by Crippen LogP contribution is -2.55. The molecule has 0 bridgehead atoms. The molecule has 0 radical (unpaired) electrons. The van der Waals surface area contributed by atoms with Gasteiger partial charge in [-0.3, -0.25) is 44.0 Å². The number of benzene rings is 1. The minimum absolute atomic E-state index is 0.207. The van der Waals surface area contributed by atoms with E-state index in [1.165, 1.54) is 10.7 Å². The van der Waals surface area contributed by atoms with Crippen molar-refractivity contribution in [2.75, 3.05) is 49.5 Å². The smallest absolute Gasteiger partial charge is 0.274 e. The quantitative estimate of drug-likeness (QED) is 0.155. The molecule has 4 aliphatic rings. The van der Waals surface area contributed by atoms with Gasteiger partial charge in [-0.2, -0.15) is 10.2 Å². The van der Waals surface area contributed by atoms with Gasteiger partial charge < -0.3 is 21.1 Å². The SMILES string of the molecule is Cc1nc(C2CCC(=O)NC2=O)ccc1N1CCC(N2CCN(C3CCC(n4cc5cc(NC(=O)c6ccc7cc(C(N)=O)cnn67)c(C(C)(C)O)cc5n4)CC3)CC2)CC1.